The van der Waals surface area contributed by atoms with Gasteiger partial charge in [0.15, 0.2) is 0 Å². The van der Waals surface area contributed by atoms with Crippen LogP contribution in [0, 0.1) is 0 Å². The minimum Gasteiger partial charge on any atom is -0.477 e. The van der Waals surface area contributed by atoms with Gasteiger partial charge in [-0.1, -0.05) is 25.1 Å². The Labute approximate surface area is 97.7 Å². The molecule has 1 aromatic carbocycles. The fraction of sp³-hybridized carbons (Fsp3) is 0.250. The average Bonchev–Trinajstić information content (AvgIpc) is 2.65. The lowest BCUT2D eigenvalue weighted by Crippen LogP contribution is -2.13. The van der Waals surface area contributed by atoms with Gasteiger partial charge in [0.25, 0.3) is 0 Å². The number of aromatic carboxylic acids is 1. The molecule has 0 saturated heterocycles. The first-order valence-electron chi connectivity index (χ1n) is 5.18. The zero-order valence-corrected chi connectivity index (χ0v) is 9.80. The molecular formula is C12H13NO2S. The van der Waals surface area contributed by atoms with E-state index in [2.05, 4.69) is 5.32 Å². The first-order chi connectivity index (χ1) is 7.74. The van der Waals surface area contributed by atoms with Crippen LogP contribution in [0.1, 0.15) is 22.2 Å². The lowest BCUT2D eigenvalue weighted by Gasteiger charge is -2.02. The molecule has 3 nitrogen and oxygen atoms in total. The van der Waals surface area contributed by atoms with E-state index in [9.17, 15) is 4.79 Å². The number of benzene rings is 1. The summed E-state index contributed by atoms with van der Waals surface area (Å²) in [6, 6.07) is 7.81. The molecule has 2 aromatic rings. The SMILES string of the molecule is CCNCc1c(C(=O)O)sc2ccccc12. The molecule has 84 valence electrons. The Morgan fingerprint density at radius 3 is 2.88 bits per heavy atom. The van der Waals surface area contributed by atoms with Crippen molar-refractivity contribution in [1.29, 1.82) is 0 Å². The van der Waals surface area contributed by atoms with Crippen molar-refractivity contribution in [3.05, 3.63) is 34.7 Å². The predicted octanol–water partition coefficient (Wildman–Crippen LogP) is 2.71. The fourth-order valence-electron chi connectivity index (χ4n) is 1.70. The van der Waals surface area contributed by atoms with Gasteiger partial charge in [0.1, 0.15) is 4.88 Å². The molecule has 0 bridgehead atoms. The summed E-state index contributed by atoms with van der Waals surface area (Å²) in [6.45, 7) is 3.46. The summed E-state index contributed by atoms with van der Waals surface area (Å²) in [4.78, 5) is 11.6. The van der Waals surface area contributed by atoms with Crippen LogP contribution < -0.4 is 5.32 Å². The maximum absolute atomic E-state index is 11.1. The second kappa shape index (κ2) is 4.63. The Kier molecular flexibility index (Phi) is 3.22. The molecule has 4 heteroatoms. The first-order valence-corrected chi connectivity index (χ1v) is 6.00. The molecule has 0 fully saturated rings. The van der Waals surface area contributed by atoms with Crippen molar-refractivity contribution in [2.24, 2.45) is 0 Å². The minimum atomic E-state index is -0.839. The van der Waals surface area contributed by atoms with Crippen molar-refractivity contribution >= 4 is 27.4 Å². The number of thiophene rings is 1. The molecule has 1 heterocycles. The van der Waals surface area contributed by atoms with Crippen LogP contribution in [-0.4, -0.2) is 17.6 Å². The molecule has 2 rings (SSSR count). The molecule has 0 amide bonds. The maximum atomic E-state index is 11.1. The highest BCUT2D eigenvalue weighted by Gasteiger charge is 2.16. The molecule has 0 aliphatic rings. The summed E-state index contributed by atoms with van der Waals surface area (Å²) in [5, 5.41) is 13.4. The Hall–Kier alpha value is -1.39. The molecule has 0 unspecified atom stereocenters. The van der Waals surface area contributed by atoms with Crippen molar-refractivity contribution in [2.75, 3.05) is 6.54 Å². The lowest BCUT2D eigenvalue weighted by atomic mass is 10.1. The fourth-order valence-corrected chi connectivity index (χ4v) is 2.76. The third kappa shape index (κ3) is 1.94. The molecule has 0 radical (unpaired) electrons. The standard InChI is InChI=1S/C12H13NO2S/c1-2-13-7-9-8-5-3-4-6-10(8)16-11(9)12(14)15/h3-6,13H,2,7H2,1H3,(H,14,15). The van der Waals surface area contributed by atoms with Crippen molar-refractivity contribution in [3.8, 4) is 0 Å². The van der Waals surface area contributed by atoms with Gasteiger partial charge in [-0.15, -0.1) is 11.3 Å². The Morgan fingerprint density at radius 1 is 1.44 bits per heavy atom. The molecule has 0 spiro atoms. The zero-order chi connectivity index (χ0) is 11.5. The molecule has 2 N–H and O–H groups in total. The largest absolute Gasteiger partial charge is 0.477 e. The van der Waals surface area contributed by atoms with Crippen LogP contribution in [0.3, 0.4) is 0 Å². The quantitative estimate of drug-likeness (QED) is 0.856. The summed E-state index contributed by atoms with van der Waals surface area (Å²) < 4.78 is 1.04. The van der Waals surface area contributed by atoms with Gasteiger partial charge >= 0.3 is 5.97 Å². The van der Waals surface area contributed by atoms with Crippen LogP contribution in [0.15, 0.2) is 24.3 Å². The summed E-state index contributed by atoms with van der Waals surface area (Å²) in [5.74, 6) is -0.839. The number of fused-ring (bicyclic) bond motifs is 1. The maximum Gasteiger partial charge on any atom is 0.346 e. The van der Waals surface area contributed by atoms with Gasteiger partial charge in [0.2, 0.25) is 0 Å². The van der Waals surface area contributed by atoms with E-state index in [4.69, 9.17) is 5.11 Å². The van der Waals surface area contributed by atoms with Crippen molar-refractivity contribution in [1.82, 2.24) is 5.32 Å². The van der Waals surface area contributed by atoms with Gasteiger partial charge in [0.05, 0.1) is 0 Å². The highest BCUT2D eigenvalue weighted by molar-refractivity contribution is 7.21. The van der Waals surface area contributed by atoms with Gasteiger partial charge in [-0.25, -0.2) is 4.79 Å². The van der Waals surface area contributed by atoms with Crippen LogP contribution in [0.25, 0.3) is 10.1 Å². The normalized spacial score (nSPS) is 10.8. The van der Waals surface area contributed by atoms with Crippen LogP contribution in [0.4, 0.5) is 0 Å². The van der Waals surface area contributed by atoms with Crippen LogP contribution in [0.2, 0.25) is 0 Å². The average molecular weight is 235 g/mol. The Morgan fingerprint density at radius 2 is 2.19 bits per heavy atom. The topological polar surface area (TPSA) is 49.3 Å². The number of carbonyl (C=O) groups is 1. The van der Waals surface area contributed by atoms with Crippen molar-refractivity contribution in [3.63, 3.8) is 0 Å². The highest BCUT2D eigenvalue weighted by atomic mass is 32.1. The van der Waals surface area contributed by atoms with Crippen molar-refractivity contribution in [2.45, 2.75) is 13.5 Å². The Balaban J connectivity index is 2.55. The van der Waals surface area contributed by atoms with E-state index in [0.717, 1.165) is 22.2 Å². The van der Waals surface area contributed by atoms with E-state index >= 15 is 0 Å². The molecule has 0 aliphatic carbocycles. The minimum absolute atomic E-state index is 0.446. The van der Waals surface area contributed by atoms with Crippen LogP contribution in [0.5, 0.6) is 0 Å². The summed E-state index contributed by atoms with van der Waals surface area (Å²) in [5.41, 5.74) is 0.898. The zero-order valence-electron chi connectivity index (χ0n) is 8.99. The van der Waals surface area contributed by atoms with E-state index in [1.54, 1.807) is 0 Å². The number of rotatable bonds is 4. The van der Waals surface area contributed by atoms with Crippen LogP contribution in [-0.2, 0) is 6.54 Å². The number of carboxylic acid groups (broad SMARTS) is 1. The second-order valence-corrected chi connectivity index (χ2v) is 4.54. The number of nitrogens with one attached hydrogen (secondary N) is 1. The molecule has 0 atom stereocenters. The van der Waals surface area contributed by atoms with Gasteiger partial charge in [-0.3, -0.25) is 0 Å². The van der Waals surface area contributed by atoms with E-state index in [0.29, 0.717) is 11.4 Å². The predicted molar refractivity (Wildman–Crippen MR) is 66.2 cm³/mol. The molecule has 1 aromatic heterocycles. The van der Waals surface area contributed by atoms with E-state index in [-0.39, 0.29) is 0 Å². The summed E-state index contributed by atoms with van der Waals surface area (Å²) in [7, 11) is 0. The second-order valence-electron chi connectivity index (χ2n) is 3.49. The smallest absolute Gasteiger partial charge is 0.346 e. The van der Waals surface area contributed by atoms with Gasteiger partial charge < -0.3 is 10.4 Å². The van der Waals surface area contributed by atoms with Gasteiger partial charge in [-0.2, -0.15) is 0 Å². The van der Waals surface area contributed by atoms with Crippen molar-refractivity contribution < 1.29 is 9.90 Å². The summed E-state index contributed by atoms with van der Waals surface area (Å²) in [6.07, 6.45) is 0. The van der Waals surface area contributed by atoms with Gasteiger partial charge in [-0.05, 0) is 23.6 Å². The van der Waals surface area contributed by atoms with E-state index in [1.165, 1.54) is 11.3 Å². The third-order valence-electron chi connectivity index (χ3n) is 2.44. The molecular weight excluding hydrogens is 222 g/mol. The first kappa shape index (κ1) is 11.1. The molecule has 16 heavy (non-hydrogen) atoms. The Bertz CT molecular complexity index is 519. The lowest BCUT2D eigenvalue weighted by molar-refractivity contribution is 0.0701. The van der Waals surface area contributed by atoms with Gasteiger partial charge in [0, 0.05) is 11.2 Å². The summed E-state index contributed by atoms with van der Waals surface area (Å²) >= 11 is 1.34. The third-order valence-corrected chi connectivity index (χ3v) is 3.65. The van der Waals surface area contributed by atoms with Crippen LogP contribution >= 0.6 is 11.3 Å². The molecule has 0 aliphatic heterocycles. The van der Waals surface area contributed by atoms with E-state index in [1.807, 2.05) is 31.2 Å². The number of hydrogen-bond acceptors (Lipinski definition) is 3. The number of carboxylic acids is 1. The highest BCUT2D eigenvalue weighted by Crippen LogP contribution is 2.31. The van der Waals surface area contributed by atoms with E-state index < -0.39 is 5.97 Å². The molecule has 0 saturated carbocycles. The monoisotopic (exact) mass is 235 g/mol. The number of hydrogen-bond donors (Lipinski definition) is 2.